The molecule has 0 aliphatic heterocycles. The summed E-state index contributed by atoms with van der Waals surface area (Å²) in [5.41, 5.74) is 3.89. The molecule has 0 atom stereocenters. The third-order valence-electron chi connectivity index (χ3n) is 5.76. The van der Waals surface area contributed by atoms with Crippen molar-refractivity contribution in [2.24, 2.45) is 0 Å². The predicted molar refractivity (Wildman–Crippen MR) is 128 cm³/mol. The second kappa shape index (κ2) is 8.95. The topological polar surface area (TPSA) is 74.8 Å². The number of aromatic nitrogens is 5. The van der Waals surface area contributed by atoms with Crippen LogP contribution in [-0.2, 0) is 6.54 Å². The van der Waals surface area contributed by atoms with Crippen LogP contribution >= 0.6 is 0 Å². The molecular formula is C26H20F3N5O2. The van der Waals surface area contributed by atoms with Crippen LogP contribution < -0.4 is 10.3 Å². The van der Waals surface area contributed by atoms with Crippen molar-refractivity contribution in [3.05, 3.63) is 100 Å². The van der Waals surface area contributed by atoms with E-state index in [4.69, 9.17) is 4.98 Å². The van der Waals surface area contributed by atoms with Crippen LogP contribution in [-0.4, -0.2) is 30.9 Å². The standard InChI is InChI=1S/C26H20F3N5O2/c1-16-6-3-4-9-22(16)34-23(30-20-8-5-7-17(2)24(20)25(34)35)15-33-14-21(31-32-33)18-10-12-19(13-11-18)36-26(27,28)29/h3-14H,15H2,1-2H3. The van der Waals surface area contributed by atoms with Crippen LogP contribution in [0.15, 0.2) is 77.7 Å². The number of nitrogens with zero attached hydrogens (tertiary/aromatic N) is 5. The summed E-state index contributed by atoms with van der Waals surface area (Å²) < 4.78 is 44.3. The van der Waals surface area contributed by atoms with Crippen LogP contribution in [0.2, 0.25) is 0 Å². The minimum Gasteiger partial charge on any atom is -0.406 e. The van der Waals surface area contributed by atoms with Gasteiger partial charge >= 0.3 is 6.36 Å². The highest BCUT2D eigenvalue weighted by Crippen LogP contribution is 2.26. The van der Waals surface area contributed by atoms with Crippen LogP contribution in [0.3, 0.4) is 0 Å². The van der Waals surface area contributed by atoms with Gasteiger partial charge in [-0.25, -0.2) is 9.67 Å². The fourth-order valence-electron chi connectivity index (χ4n) is 4.09. The van der Waals surface area contributed by atoms with Gasteiger partial charge in [0.2, 0.25) is 0 Å². The SMILES string of the molecule is Cc1ccccc1-n1c(Cn2cc(-c3ccc(OC(F)(F)F)cc3)nn2)nc2cccc(C)c2c1=O. The van der Waals surface area contributed by atoms with E-state index in [1.807, 2.05) is 50.2 Å². The van der Waals surface area contributed by atoms with Crippen molar-refractivity contribution in [2.45, 2.75) is 26.8 Å². The first-order valence-electron chi connectivity index (χ1n) is 11.0. The summed E-state index contributed by atoms with van der Waals surface area (Å²) in [6, 6.07) is 18.4. The monoisotopic (exact) mass is 491 g/mol. The quantitative estimate of drug-likeness (QED) is 0.338. The third kappa shape index (κ3) is 4.57. The maximum atomic E-state index is 13.7. The van der Waals surface area contributed by atoms with Gasteiger partial charge in [-0.3, -0.25) is 9.36 Å². The number of aryl methyl sites for hydroxylation is 2. The molecule has 7 nitrogen and oxygen atoms in total. The summed E-state index contributed by atoms with van der Waals surface area (Å²) in [6.45, 7) is 3.95. The van der Waals surface area contributed by atoms with Crippen LogP contribution in [0.4, 0.5) is 13.2 Å². The van der Waals surface area contributed by atoms with E-state index in [1.54, 1.807) is 16.8 Å². The molecule has 3 aromatic carbocycles. The number of ether oxygens (including phenoxy) is 1. The Hall–Kier alpha value is -4.47. The fourth-order valence-corrected chi connectivity index (χ4v) is 4.09. The minimum absolute atomic E-state index is 0.149. The van der Waals surface area contributed by atoms with Gasteiger partial charge in [-0.2, -0.15) is 0 Å². The van der Waals surface area contributed by atoms with Gasteiger partial charge in [0.25, 0.3) is 5.56 Å². The number of hydrogen-bond acceptors (Lipinski definition) is 5. The molecule has 0 unspecified atom stereocenters. The van der Waals surface area contributed by atoms with Gasteiger partial charge in [-0.05, 0) is 61.4 Å². The van der Waals surface area contributed by atoms with E-state index in [0.717, 1.165) is 16.8 Å². The number of fused-ring (bicyclic) bond motifs is 1. The second-order valence-electron chi connectivity index (χ2n) is 8.30. The first-order chi connectivity index (χ1) is 17.2. The largest absolute Gasteiger partial charge is 0.573 e. The summed E-state index contributed by atoms with van der Waals surface area (Å²) in [4.78, 5) is 18.4. The molecule has 2 aromatic heterocycles. The number of para-hydroxylation sites is 1. The summed E-state index contributed by atoms with van der Waals surface area (Å²) in [5, 5.41) is 8.84. The van der Waals surface area contributed by atoms with Crippen LogP contribution in [0.5, 0.6) is 5.75 Å². The average molecular weight is 491 g/mol. The Morgan fingerprint density at radius 2 is 1.64 bits per heavy atom. The number of benzene rings is 3. The summed E-state index contributed by atoms with van der Waals surface area (Å²) in [6.07, 6.45) is -3.11. The lowest BCUT2D eigenvalue weighted by molar-refractivity contribution is -0.274. The molecule has 0 saturated heterocycles. The van der Waals surface area contributed by atoms with Gasteiger partial charge in [0.15, 0.2) is 0 Å². The van der Waals surface area contributed by atoms with Crippen molar-refractivity contribution < 1.29 is 17.9 Å². The molecule has 0 amide bonds. The highest BCUT2D eigenvalue weighted by atomic mass is 19.4. The highest BCUT2D eigenvalue weighted by molar-refractivity contribution is 5.81. The fraction of sp³-hybridized carbons (Fsp3) is 0.154. The third-order valence-corrected chi connectivity index (χ3v) is 5.76. The summed E-state index contributed by atoms with van der Waals surface area (Å²) in [5.74, 6) is 0.148. The van der Waals surface area contributed by atoms with E-state index in [9.17, 15) is 18.0 Å². The zero-order valence-corrected chi connectivity index (χ0v) is 19.3. The summed E-state index contributed by atoms with van der Waals surface area (Å²) >= 11 is 0. The van der Waals surface area contributed by atoms with Gasteiger partial charge < -0.3 is 4.74 Å². The second-order valence-corrected chi connectivity index (χ2v) is 8.30. The first-order valence-corrected chi connectivity index (χ1v) is 11.0. The molecule has 0 N–H and O–H groups in total. The molecule has 0 aliphatic carbocycles. The van der Waals surface area contributed by atoms with Crippen molar-refractivity contribution in [1.82, 2.24) is 24.5 Å². The number of hydrogen-bond donors (Lipinski definition) is 0. The Morgan fingerprint density at radius 1 is 0.917 bits per heavy atom. The van der Waals surface area contributed by atoms with Crippen molar-refractivity contribution in [1.29, 1.82) is 0 Å². The molecule has 10 heteroatoms. The Bertz CT molecular complexity index is 1620. The van der Waals surface area contributed by atoms with Crippen molar-refractivity contribution in [3.8, 4) is 22.7 Å². The summed E-state index contributed by atoms with van der Waals surface area (Å²) in [7, 11) is 0. The molecule has 0 aliphatic rings. The zero-order valence-electron chi connectivity index (χ0n) is 19.3. The van der Waals surface area contributed by atoms with E-state index < -0.39 is 6.36 Å². The van der Waals surface area contributed by atoms with Crippen molar-refractivity contribution >= 4 is 10.9 Å². The number of alkyl halides is 3. The van der Waals surface area contributed by atoms with E-state index in [-0.39, 0.29) is 17.9 Å². The predicted octanol–water partition coefficient (Wildman–Crippen LogP) is 5.21. The molecule has 0 radical (unpaired) electrons. The van der Waals surface area contributed by atoms with E-state index in [2.05, 4.69) is 15.0 Å². The molecular weight excluding hydrogens is 471 g/mol. The molecule has 182 valence electrons. The van der Waals surface area contributed by atoms with E-state index in [0.29, 0.717) is 28.0 Å². The van der Waals surface area contributed by atoms with E-state index in [1.165, 1.54) is 28.9 Å². The van der Waals surface area contributed by atoms with E-state index >= 15 is 0 Å². The molecule has 5 aromatic rings. The van der Waals surface area contributed by atoms with Crippen molar-refractivity contribution in [2.75, 3.05) is 0 Å². The van der Waals surface area contributed by atoms with Gasteiger partial charge in [-0.1, -0.05) is 35.5 Å². The number of rotatable bonds is 5. The maximum absolute atomic E-state index is 13.7. The van der Waals surface area contributed by atoms with Crippen LogP contribution in [0.25, 0.3) is 27.8 Å². The van der Waals surface area contributed by atoms with Crippen LogP contribution in [0, 0.1) is 13.8 Å². The molecule has 0 fully saturated rings. The molecule has 2 heterocycles. The minimum atomic E-state index is -4.76. The van der Waals surface area contributed by atoms with Crippen molar-refractivity contribution in [3.63, 3.8) is 0 Å². The highest BCUT2D eigenvalue weighted by Gasteiger charge is 2.31. The molecule has 0 spiro atoms. The molecule has 5 rings (SSSR count). The normalized spacial score (nSPS) is 11.7. The molecule has 0 saturated carbocycles. The Morgan fingerprint density at radius 3 is 2.36 bits per heavy atom. The lowest BCUT2D eigenvalue weighted by atomic mass is 10.1. The average Bonchev–Trinajstić information content (AvgIpc) is 3.28. The lowest BCUT2D eigenvalue weighted by Crippen LogP contribution is -2.26. The molecule has 36 heavy (non-hydrogen) atoms. The van der Waals surface area contributed by atoms with Gasteiger partial charge in [0, 0.05) is 5.56 Å². The Balaban J connectivity index is 1.54. The smallest absolute Gasteiger partial charge is 0.406 e. The Kier molecular flexibility index (Phi) is 5.79. The zero-order chi connectivity index (χ0) is 25.4. The van der Waals surface area contributed by atoms with Crippen LogP contribution in [0.1, 0.15) is 17.0 Å². The van der Waals surface area contributed by atoms with Gasteiger partial charge in [0.05, 0.1) is 22.8 Å². The maximum Gasteiger partial charge on any atom is 0.573 e. The lowest BCUT2D eigenvalue weighted by Gasteiger charge is -2.16. The number of halogens is 3. The van der Waals surface area contributed by atoms with Gasteiger partial charge in [-0.15, -0.1) is 18.3 Å². The Labute approximate surface area is 203 Å². The molecule has 0 bridgehead atoms. The first kappa shape index (κ1) is 23.3. The van der Waals surface area contributed by atoms with Gasteiger partial charge in [0.1, 0.15) is 23.8 Å².